The summed E-state index contributed by atoms with van der Waals surface area (Å²) >= 11 is 3.00. The molecular formula is C13H12BrFN2O3. The van der Waals surface area contributed by atoms with Crippen LogP contribution in [0.15, 0.2) is 16.6 Å². The Morgan fingerprint density at radius 1 is 1.55 bits per heavy atom. The number of halogens is 2. The third-order valence-corrected chi connectivity index (χ3v) is 3.05. The molecule has 0 heterocycles. The zero-order chi connectivity index (χ0) is 15.3. The SMILES string of the molecule is C#CCC(NC(=O)Nc1cc(Br)c(F)cc1C)C(=O)O. The number of carbonyl (C=O) groups excluding carboxylic acids is 1. The van der Waals surface area contributed by atoms with Crippen LogP contribution in [0.3, 0.4) is 0 Å². The van der Waals surface area contributed by atoms with E-state index in [1.807, 2.05) is 0 Å². The Hall–Kier alpha value is -2.07. The van der Waals surface area contributed by atoms with Crippen molar-refractivity contribution < 1.29 is 19.1 Å². The second-order valence-electron chi connectivity index (χ2n) is 3.98. The molecule has 0 aliphatic carbocycles. The van der Waals surface area contributed by atoms with Crippen LogP contribution in [0.5, 0.6) is 0 Å². The highest BCUT2D eigenvalue weighted by atomic mass is 79.9. The number of aryl methyl sites for hydroxylation is 1. The summed E-state index contributed by atoms with van der Waals surface area (Å²) in [7, 11) is 0. The average molecular weight is 343 g/mol. The van der Waals surface area contributed by atoms with E-state index in [-0.39, 0.29) is 10.9 Å². The van der Waals surface area contributed by atoms with Crippen molar-refractivity contribution in [2.45, 2.75) is 19.4 Å². The summed E-state index contributed by atoms with van der Waals surface area (Å²) < 4.78 is 13.4. The van der Waals surface area contributed by atoms with E-state index < -0.39 is 23.9 Å². The number of terminal acetylenes is 1. The second kappa shape index (κ2) is 6.91. The van der Waals surface area contributed by atoms with Gasteiger partial charge >= 0.3 is 12.0 Å². The van der Waals surface area contributed by atoms with E-state index in [0.29, 0.717) is 11.3 Å². The van der Waals surface area contributed by atoms with E-state index in [0.717, 1.165) is 0 Å². The fourth-order valence-electron chi connectivity index (χ4n) is 1.42. The summed E-state index contributed by atoms with van der Waals surface area (Å²) in [5.74, 6) is 0.485. The third kappa shape index (κ3) is 4.24. The number of rotatable bonds is 4. The largest absolute Gasteiger partial charge is 0.480 e. The van der Waals surface area contributed by atoms with Crippen molar-refractivity contribution in [2.75, 3.05) is 5.32 Å². The van der Waals surface area contributed by atoms with Gasteiger partial charge in [0.2, 0.25) is 0 Å². The van der Waals surface area contributed by atoms with Gasteiger partial charge in [-0.15, -0.1) is 12.3 Å². The second-order valence-corrected chi connectivity index (χ2v) is 4.83. The van der Waals surface area contributed by atoms with Gasteiger partial charge in [-0.1, -0.05) is 0 Å². The van der Waals surface area contributed by atoms with Crippen LogP contribution in [0.4, 0.5) is 14.9 Å². The molecule has 1 aromatic rings. The van der Waals surface area contributed by atoms with Gasteiger partial charge in [0, 0.05) is 12.1 Å². The first-order valence-corrected chi connectivity index (χ1v) is 6.34. The number of carboxylic acids is 1. The maximum atomic E-state index is 13.2. The van der Waals surface area contributed by atoms with Gasteiger partial charge in [-0.05, 0) is 40.5 Å². The van der Waals surface area contributed by atoms with Crippen molar-refractivity contribution in [3.63, 3.8) is 0 Å². The number of carbonyl (C=O) groups is 2. The predicted octanol–water partition coefficient (Wildman–Crippen LogP) is 2.49. The lowest BCUT2D eigenvalue weighted by Gasteiger charge is -2.14. The Labute approximate surface area is 123 Å². The molecule has 2 amide bonds. The van der Waals surface area contributed by atoms with E-state index in [2.05, 4.69) is 32.5 Å². The summed E-state index contributed by atoms with van der Waals surface area (Å²) in [6.07, 6.45) is 4.89. The van der Waals surface area contributed by atoms with E-state index in [9.17, 15) is 14.0 Å². The Morgan fingerprint density at radius 3 is 2.75 bits per heavy atom. The molecular weight excluding hydrogens is 331 g/mol. The van der Waals surface area contributed by atoms with Crippen LogP contribution in [0, 0.1) is 25.1 Å². The normalized spacial score (nSPS) is 11.3. The first-order valence-electron chi connectivity index (χ1n) is 5.54. The van der Waals surface area contributed by atoms with Crippen LogP contribution in [-0.2, 0) is 4.79 Å². The molecule has 0 radical (unpaired) electrons. The molecule has 0 aliphatic rings. The summed E-state index contributed by atoms with van der Waals surface area (Å²) in [5.41, 5.74) is 0.866. The monoisotopic (exact) mass is 342 g/mol. The fourth-order valence-corrected chi connectivity index (χ4v) is 1.76. The van der Waals surface area contributed by atoms with Crippen LogP contribution < -0.4 is 10.6 Å². The molecule has 0 spiro atoms. The molecule has 3 N–H and O–H groups in total. The molecule has 20 heavy (non-hydrogen) atoms. The van der Waals surface area contributed by atoms with Gasteiger partial charge in [-0.2, -0.15) is 0 Å². The first kappa shape index (κ1) is 16.0. The number of nitrogens with one attached hydrogen (secondary N) is 2. The number of hydrogen-bond acceptors (Lipinski definition) is 2. The third-order valence-electron chi connectivity index (χ3n) is 2.44. The van der Waals surface area contributed by atoms with Crippen LogP contribution >= 0.6 is 15.9 Å². The van der Waals surface area contributed by atoms with E-state index in [4.69, 9.17) is 11.5 Å². The number of anilines is 1. The zero-order valence-electron chi connectivity index (χ0n) is 10.5. The van der Waals surface area contributed by atoms with Gasteiger partial charge in [0.1, 0.15) is 11.9 Å². The molecule has 7 heteroatoms. The average Bonchev–Trinajstić information content (AvgIpc) is 2.35. The molecule has 0 saturated carbocycles. The highest BCUT2D eigenvalue weighted by Gasteiger charge is 2.19. The fraction of sp³-hybridized carbons (Fsp3) is 0.231. The van der Waals surface area contributed by atoms with Crippen LogP contribution in [0.25, 0.3) is 0 Å². The Balaban J connectivity index is 2.79. The molecule has 5 nitrogen and oxygen atoms in total. The van der Waals surface area contributed by atoms with Gasteiger partial charge in [0.05, 0.1) is 4.47 Å². The molecule has 1 rings (SSSR count). The summed E-state index contributed by atoms with van der Waals surface area (Å²) in [4.78, 5) is 22.5. The lowest BCUT2D eigenvalue weighted by molar-refractivity contribution is -0.139. The summed E-state index contributed by atoms with van der Waals surface area (Å²) in [5, 5.41) is 13.5. The number of amides is 2. The van der Waals surface area contributed by atoms with Crippen molar-refractivity contribution in [3.05, 3.63) is 28.0 Å². The molecule has 0 aromatic heterocycles. The minimum Gasteiger partial charge on any atom is -0.480 e. The maximum Gasteiger partial charge on any atom is 0.327 e. The number of urea groups is 1. The molecule has 1 aromatic carbocycles. The van der Waals surface area contributed by atoms with Crippen molar-refractivity contribution in [3.8, 4) is 12.3 Å². The molecule has 0 fully saturated rings. The number of hydrogen-bond donors (Lipinski definition) is 3. The molecule has 1 atom stereocenters. The topological polar surface area (TPSA) is 78.4 Å². The lowest BCUT2D eigenvalue weighted by atomic mass is 10.2. The molecule has 106 valence electrons. The highest BCUT2D eigenvalue weighted by molar-refractivity contribution is 9.10. The van der Waals surface area contributed by atoms with Crippen molar-refractivity contribution in [1.29, 1.82) is 0 Å². The smallest absolute Gasteiger partial charge is 0.327 e. The van der Waals surface area contributed by atoms with Crippen LogP contribution in [0.1, 0.15) is 12.0 Å². The highest BCUT2D eigenvalue weighted by Crippen LogP contribution is 2.24. The van der Waals surface area contributed by atoms with Gasteiger partial charge < -0.3 is 15.7 Å². The minimum absolute atomic E-state index is 0.130. The van der Waals surface area contributed by atoms with Gasteiger partial charge in [0.15, 0.2) is 0 Å². The van der Waals surface area contributed by atoms with E-state index in [1.54, 1.807) is 6.92 Å². The maximum absolute atomic E-state index is 13.2. The van der Waals surface area contributed by atoms with Crippen LogP contribution in [0.2, 0.25) is 0 Å². The Morgan fingerprint density at radius 2 is 2.20 bits per heavy atom. The Kier molecular flexibility index (Phi) is 5.53. The van der Waals surface area contributed by atoms with E-state index in [1.165, 1.54) is 12.1 Å². The minimum atomic E-state index is -1.23. The number of benzene rings is 1. The van der Waals surface area contributed by atoms with Crippen molar-refractivity contribution in [1.82, 2.24) is 5.32 Å². The summed E-state index contributed by atoms with van der Waals surface area (Å²) in [6.45, 7) is 1.61. The van der Waals surface area contributed by atoms with Gasteiger partial charge in [-0.3, -0.25) is 0 Å². The zero-order valence-corrected chi connectivity index (χ0v) is 12.1. The first-order chi connectivity index (χ1) is 9.35. The molecule has 1 unspecified atom stereocenters. The molecule has 0 aliphatic heterocycles. The summed E-state index contributed by atoms with van der Waals surface area (Å²) in [6, 6.07) is 0.732. The standard InChI is InChI=1S/C13H12BrFN2O3/c1-3-4-10(12(18)19)16-13(20)17-11-6-8(14)9(15)5-7(11)2/h1,5-6,10H,4H2,2H3,(H,18,19)(H2,16,17,20). The van der Waals surface area contributed by atoms with E-state index >= 15 is 0 Å². The molecule has 0 saturated heterocycles. The van der Waals surface area contributed by atoms with Gasteiger partial charge in [0.25, 0.3) is 0 Å². The van der Waals surface area contributed by atoms with Crippen molar-refractivity contribution >= 4 is 33.6 Å². The lowest BCUT2D eigenvalue weighted by Crippen LogP contribution is -2.42. The predicted molar refractivity (Wildman–Crippen MR) is 75.9 cm³/mol. The van der Waals surface area contributed by atoms with Gasteiger partial charge in [-0.25, -0.2) is 14.0 Å². The molecule has 0 bridgehead atoms. The quantitative estimate of drug-likeness (QED) is 0.735. The van der Waals surface area contributed by atoms with Crippen LogP contribution in [-0.4, -0.2) is 23.1 Å². The number of aliphatic carboxylic acids is 1. The number of carboxylic acid groups (broad SMARTS) is 1. The Bertz CT molecular complexity index is 584. The van der Waals surface area contributed by atoms with Crippen molar-refractivity contribution in [2.24, 2.45) is 0 Å².